The van der Waals surface area contributed by atoms with E-state index in [2.05, 4.69) is 5.32 Å². The summed E-state index contributed by atoms with van der Waals surface area (Å²) in [6, 6.07) is 5.03. The molecule has 1 saturated carbocycles. The van der Waals surface area contributed by atoms with Crippen LogP contribution in [0.5, 0.6) is 0 Å². The van der Waals surface area contributed by atoms with Crippen LogP contribution in [-0.4, -0.2) is 101 Å². The highest BCUT2D eigenvalue weighted by Gasteiger charge is 2.43. The van der Waals surface area contributed by atoms with Crippen LogP contribution in [0, 0.1) is 5.82 Å². The van der Waals surface area contributed by atoms with Gasteiger partial charge in [0.05, 0.1) is 0 Å². The molecule has 0 radical (unpaired) electrons. The summed E-state index contributed by atoms with van der Waals surface area (Å²) in [7, 11) is 0. The number of benzene rings is 1. The number of amides is 3. The number of hydrogen-bond acceptors (Lipinski definition) is 5. The Hall–Kier alpha value is -3.18. The number of halogens is 3. The van der Waals surface area contributed by atoms with Gasteiger partial charge in [-0.05, 0) is 120 Å². The van der Waals surface area contributed by atoms with Crippen LogP contribution < -0.4 is 5.32 Å². The number of allylic oxidation sites excluding steroid dienone is 2. The number of rotatable bonds is 16. The number of aliphatic hydroxyl groups excluding tert-OH is 1. The normalized spacial score (nSPS) is 23.1. The van der Waals surface area contributed by atoms with Gasteiger partial charge in [-0.15, -0.1) is 0 Å². The maximum Gasteiger partial charge on any atom is 0.270 e. The number of aliphatic hydroxyl groups is 1. The van der Waals surface area contributed by atoms with E-state index in [1.54, 1.807) is 9.80 Å². The molecular weight excluding hydrogens is 633 g/mol. The highest BCUT2D eigenvalue weighted by molar-refractivity contribution is 6.02. The molecule has 2 aliphatic heterocycles. The van der Waals surface area contributed by atoms with E-state index in [9.17, 15) is 32.7 Å². The number of alkyl halides is 2. The van der Waals surface area contributed by atoms with Crippen molar-refractivity contribution in [3.63, 3.8) is 0 Å². The number of nitrogens with one attached hydrogen (secondary N) is 1. The van der Waals surface area contributed by atoms with Gasteiger partial charge in [0.1, 0.15) is 17.9 Å². The number of hydrogen-bond donors (Lipinski definition) is 2. The third-order valence-electron chi connectivity index (χ3n) is 10.4. The van der Waals surface area contributed by atoms with Crippen LogP contribution in [0.2, 0.25) is 0 Å². The van der Waals surface area contributed by atoms with Gasteiger partial charge in [0.25, 0.3) is 11.8 Å². The molecule has 8 nitrogen and oxygen atoms in total. The van der Waals surface area contributed by atoms with Crippen molar-refractivity contribution in [1.29, 1.82) is 0 Å². The Balaban J connectivity index is 1.37. The third-order valence-corrected chi connectivity index (χ3v) is 10.4. The summed E-state index contributed by atoms with van der Waals surface area (Å²) in [6.07, 6.45) is 11.8. The number of nitrogens with zero attached hydrogens (tertiary/aromatic N) is 3. The molecule has 4 aliphatic rings. The summed E-state index contributed by atoms with van der Waals surface area (Å²) in [5.74, 6) is -3.95. The molecule has 1 aromatic rings. The van der Waals surface area contributed by atoms with Crippen molar-refractivity contribution in [1.82, 2.24) is 20.0 Å². The topological polar surface area (TPSA) is 93.2 Å². The summed E-state index contributed by atoms with van der Waals surface area (Å²) in [6.45, 7) is 2.94. The molecule has 3 fully saturated rings. The second-order valence-electron chi connectivity index (χ2n) is 14.1. The van der Waals surface area contributed by atoms with Crippen molar-refractivity contribution in [2.75, 3.05) is 39.3 Å². The van der Waals surface area contributed by atoms with E-state index in [4.69, 9.17) is 0 Å². The second-order valence-corrected chi connectivity index (χ2v) is 14.1. The molecule has 0 aromatic heterocycles. The number of carbonyl (C=O) groups excluding carboxylic acids is 3. The van der Waals surface area contributed by atoms with Crippen LogP contribution >= 0.6 is 0 Å². The molecule has 2 aliphatic carbocycles. The molecule has 49 heavy (non-hydrogen) atoms. The highest BCUT2D eigenvalue weighted by atomic mass is 19.3. The SMILES string of the molecule is O=C([C@H](CCCCO)N(C(=O)C1=CCC(F)(F)C=C1)[C@@H](CCCCN[C@@H]1C[C@H]1c1ccc(F)cc1)C(=O)N1CCCCC1)N1CCCCC1. The van der Waals surface area contributed by atoms with Crippen LogP contribution in [-0.2, 0) is 14.4 Å². The minimum absolute atomic E-state index is 0.0618. The number of likely N-dealkylation sites (tertiary alicyclic amines) is 2. The lowest BCUT2D eigenvalue weighted by molar-refractivity contribution is -0.154. The first-order valence-electron chi connectivity index (χ1n) is 18.5. The van der Waals surface area contributed by atoms with Crippen molar-refractivity contribution in [2.24, 2.45) is 0 Å². The fourth-order valence-corrected chi connectivity index (χ4v) is 7.51. The minimum atomic E-state index is -3.06. The Bertz CT molecular complexity index is 1320. The molecule has 0 bridgehead atoms. The van der Waals surface area contributed by atoms with E-state index < -0.39 is 30.3 Å². The average molecular weight is 687 g/mol. The summed E-state index contributed by atoms with van der Waals surface area (Å²) < 4.78 is 41.6. The Morgan fingerprint density at radius 1 is 0.857 bits per heavy atom. The third kappa shape index (κ3) is 10.2. The molecule has 2 N–H and O–H groups in total. The van der Waals surface area contributed by atoms with Gasteiger partial charge in [-0.2, -0.15) is 0 Å². The zero-order chi connectivity index (χ0) is 34.8. The van der Waals surface area contributed by atoms with Gasteiger partial charge in [-0.3, -0.25) is 14.4 Å². The molecular formula is C38H53F3N4O4. The Kier molecular flexibility index (Phi) is 13.4. The molecule has 11 heteroatoms. The quantitative estimate of drug-likeness (QED) is 0.217. The smallest absolute Gasteiger partial charge is 0.270 e. The van der Waals surface area contributed by atoms with Crippen molar-refractivity contribution < 1.29 is 32.7 Å². The van der Waals surface area contributed by atoms with Crippen LogP contribution in [0.3, 0.4) is 0 Å². The van der Waals surface area contributed by atoms with Crippen molar-refractivity contribution in [3.05, 3.63) is 59.4 Å². The van der Waals surface area contributed by atoms with E-state index in [0.29, 0.717) is 70.4 Å². The van der Waals surface area contributed by atoms with Gasteiger partial charge in [0, 0.05) is 56.7 Å². The summed E-state index contributed by atoms with van der Waals surface area (Å²) in [5.41, 5.74) is 1.18. The lowest BCUT2D eigenvalue weighted by Gasteiger charge is -2.42. The van der Waals surface area contributed by atoms with E-state index in [-0.39, 0.29) is 36.2 Å². The van der Waals surface area contributed by atoms with Gasteiger partial charge in [-0.25, -0.2) is 13.2 Å². The molecule has 3 amide bonds. The second kappa shape index (κ2) is 17.7. The lowest BCUT2D eigenvalue weighted by Crippen LogP contribution is -2.60. The zero-order valence-electron chi connectivity index (χ0n) is 28.6. The van der Waals surface area contributed by atoms with Crippen molar-refractivity contribution in [3.8, 4) is 0 Å². The average Bonchev–Trinajstić information content (AvgIpc) is 3.90. The first kappa shape index (κ1) is 37.1. The number of piperidine rings is 2. The molecule has 1 aromatic carbocycles. The summed E-state index contributed by atoms with van der Waals surface area (Å²) >= 11 is 0. The predicted molar refractivity (Wildman–Crippen MR) is 182 cm³/mol. The first-order valence-corrected chi connectivity index (χ1v) is 18.5. The van der Waals surface area contributed by atoms with Crippen molar-refractivity contribution in [2.45, 2.75) is 120 Å². The van der Waals surface area contributed by atoms with E-state index in [1.807, 2.05) is 12.1 Å². The highest BCUT2D eigenvalue weighted by Crippen LogP contribution is 2.40. The maximum atomic E-state index is 14.5. The summed E-state index contributed by atoms with van der Waals surface area (Å²) in [5, 5.41) is 13.2. The molecule has 4 atom stereocenters. The van der Waals surface area contributed by atoms with E-state index in [1.165, 1.54) is 23.1 Å². The number of unbranched alkanes of at least 4 members (excludes halogenated alkanes) is 2. The lowest BCUT2D eigenvalue weighted by atomic mass is 9.95. The Morgan fingerprint density at radius 3 is 1.96 bits per heavy atom. The summed E-state index contributed by atoms with van der Waals surface area (Å²) in [4.78, 5) is 48.3. The van der Waals surface area contributed by atoms with Gasteiger partial charge in [-0.1, -0.05) is 18.2 Å². The van der Waals surface area contributed by atoms with Crippen LogP contribution in [0.4, 0.5) is 13.2 Å². The molecule has 2 heterocycles. The van der Waals surface area contributed by atoms with Crippen LogP contribution in [0.25, 0.3) is 0 Å². The van der Waals surface area contributed by atoms with Gasteiger partial charge in [0.15, 0.2) is 0 Å². The Morgan fingerprint density at radius 2 is 1.43 bits per heavy atom. The monoisotopic (exact) mass is 686 g/mol. The van der Waals surface area contributed by atoms with E-state index in [0.717, 1.165) is 69.1 Å². The van der Waals surface area contributed by atoms with Gasteiger partial charge >= 0.3 is 0 Å². The molecule has 0 unspecified atom stereocenters. The Labute approximate surface area is 288 Å². The minimum Gasteiger partial charge on any atom is -0.396 e. The maximum absolute atomic E-state index is 14.5. The van der Waals surface area contributed by atoms with E-state index >= 15 is 0 Å². The molecule has 2 saturated heterocycles. The van der Waals surface area contributed by atoms with Gasteiger partial charge in [0.2, 0.25) is 11.8 Å². The predicted octanol–water partition coefficient (Wildman–Crippen LogP) is 5.72. The van der Waals surface area contributed by atoms with Gasteiger partial charge < -0.3 is 25.1 Å². The van der Waals surface area contributed by atoms with Crippen LogP contribution in [0.1, 0.15) is 101 Å². The largest absolute Gasteiger partial charge is 0.396 e. The molecule has 270 valence electrons. The fourth-order valence-electron chi connectivity index (χ4n) is 7.51. The van der Waals surface area contributed by atoms with Crippen LogP contribution in [0.15, 0.2) is 48.1 Å². The molecule has 0 spiro atoms. The van der Waals surface area contributed by atoms with Crippen molar-refractivity contribution >= 4 is 17.7 Å². The fraction of sp³-hybridized carbons (Fsp3) is 0.658. The zero-order valence-corrected chi connectivity index (χ0v) is 28.6. The first-order chi connectivity index (χ1) is 23.7. The standard InChI is InChI=1S/C38H53F3N4O4/c39-30-15-13-28(14-16-30)31-27-32(31)42-21-5-3-11-33(36(48)43-22-6-1-7-23-43)45(35(47)29-17-19-38(40,41)20-18-29)34(12-4-10-26-46)37(49)44-24-8-2-9-25-44/h13-19,31-34,42,46H,1-12,20-27H2/t31-,32+,33-,34-/m0/s1. The number of carbonyl (C=O) groups is 3. The molecule has 5 rings (SSSR count).